The SMILES string of the molecule is CCCCCCCN(CCCCCC)CCCCOCc1ccc(-c2ccc(COCCCCN(CCCCCC)CCCCCCC)cc2)cc1. The zero-order valence-corrected chi connectivity index (χ0v) is 35.0. The van der Waals surface area contributed by atoms with Crippen molar-refractivity contribution in [3.8, 4) is 11.1 Å². The lowest BCUT2D eigenvalue weighted by atomic mass is 10.0. The average molecular weight is 721 g/mol. The molecule has 2 rings (SSSR count). The van der Waals surface area contributed by atoms with Crippen molar-refractivity contribution in [1.82, 2.24) is 9.80 Å². The van der Waals surface area contributed by atoms with Crippen molar-refractivity contribution in [1.29, 1.82) is 0 Å². The van der Waals surface area contributed by atoms with Crippen LogP contribution in [-0.4, -0.2) is 62.3 Å². The van der Waals surface area contributed by atoms with Crippen molar-refractivity contribution < 1.29 is 9.47 Å². The lowest BCUT2D eigenvalue weighted by molar-refractivity contribution is 0.114. The summed E-state index contributed by atoms with van der Waals surface area (Å²) in [6, 6.07) is 17.8. The van der Waals surface area contributed by atoms with Gasteiger partial charge in [-0.05, 0) is 113 Å². The first-order valence-electron chi connectivity index (χ1n) is 22.5. The van der Waals surface area contributed by atoms with Gasteiger partial charge in [-0.25, -0.2) is 0 Å². The summed E-state index contributed by atoms with van der Waals surface area (Å²) in [5.41, 5.74) is 5.03. The van der Waals surface area contributed by atoms with E-state index in [4.69, 9.17) is 9.47 Å². The minimum absolute atomic E-state index is 0.699. The summed E-state index contributed by atoms with van der Waals surface area (Å²) in [5.74, 6) is 0. The fourth-order valence-electron chi connectivity index (χ4n) is 7.12. The summed E-state index contributed by atoms with van der Waals surface area (Å²) in [6.45, 7) is 19.8. The molecule has 0 aromatic heterocycles. The molecule has 298 valence electrons. The minimum atomic E-state index is 0.699. The van der Waals surface area contributed by atoms with Gasteiger partial charge in [0.15, 0.2) is 0 Å². The van der Waals surface area contributed by atoms with Crippen LogP contribution in [0.15, 0.2) is 48.5 Å². The first kappa shape index (κ1) is 46.4. The Labute approximate surface area is 323 Å². The van der Waals surface area contributed by atoms with Crippen LogP contribution in [0.4, 0.5) is 0 Å². The molecule has 2 aromatic carbocycles. The fourth-order valence-corrected chi connectivity index (χ4v) is 7.12. The maximum atomic E-state index is 6.09. The number of hydrogen-bond donors (Lipinski definition) is 0. The van der Waals surface area contributed by atoms with Crippen molar-refractivity contribution in [3.05, 3.63) is 59.7 Å². The third-order valence-electron chi connectivity index (χ3n) is 10.6. The molecular weight excluding hydrogens is 637 g/mol. The maximum absolute atomic E-state index is 6.09. The highest BCUT2D eigenvalue weighted by Crippen LogP contribution is 2.21. The molecule has 4 heteroatoms. The van der Waals surface area contributed by atoms with E-state index in [9.17, 15) is 0 Å². The molecule has 0 unspecified atom stereocenters. The second kappa shape index (κ2) is 33.8. The molecule has 0 aliphatic rings. The lowest BCUT2D eigenvalue weighted by Gasteiger charge is -2.22. The van der Waals surface area contributed by atoms with Gasteiger partial charge in [0, 0.05) is 13.2 Å². The zero-order chi connectivity index (χ0) is 37.2. The van der Waals surface area contributed by atoms with Crippen LogP contribution in [0, 0.1) is 0 Å². The van der Waals surface area contributed by atoms with Crippen molar-refractivity contribution in [2.24, 2.45) is 0 Å². The van der Waals surface area contributed by atoms with Gasteiger partial charge in [-0.15, -0.1) is 0 Å². The van der Waals surface area contributed by atoms with E-state index in [-0.39, 0.29) is 0 Å². The number of unbranched alkanes of at least 4 members (excludes halogenated alkanes) is 16. The highest BCUT2D eigenvalue weighted by Gasteiger charge is 2.07. The molecule has 2 aromatic rings. The smallest absolute Gasteiger partial charge is 0.0716 e. The first-order valence-corrected chi connectivity index (χ1v) is 22.5. The van der Waals surface area contributed by atoms with Gasteiger partial charge in [0.1, 0.15) is 0 Å². The van der Waals surface area contributed by atoms with Gasteiger partial charge >= 0.3 is 0 Å². The predicted octanol–water partition coefficient (Wildman–Crippen LogP) is 13.7. The lowest BCUT2D eigenvalue weighted by Crippen LogP contribution is -2.27. The zero-order valence-electron chi connectivity index (χ0n) is 35.0. The number of hydrogen-bond acceptors (Lipinski definition) is 4. The normalized spacial score (nSPS) is 11.7. The molecule has 0 N–H and O–H groups in total. The number of rotatable bonds is 37. The molecule has 0 spiro atoms. The molecule has 0 saturated carbocycles. The molecule has 0 fully saturated rings. The Hall–Kier alpha value is -1.72. The van der Waals surface area contributed by atoms with Crippen LogP contribution in [-0.2, 0) is 22.7 Å². The van der Waals surface area contributed by atoms with E-state index in [1.807, 2.05) is 0 Å². The van der Waals surface area contributed by atoms with E-state index in [0.717, 1.165) is 26.1 Å². The Kier molecular flexibility index (Phi) is 30.2. The highest BCUT2D eigenvalue weighted by atomic mass is 16.5. The topological polar surface area (TPSA) is 24.9 Å². The number of nitrogens with zero attached hydrogens (tertiary/aromatic N) is 2. The Morgan fingerprint density at radius 3 is 0.904 bits per heavy atom. The molecule has 0 atom stereocenters. The van der Waals surface area contributed by atoms with Gasteiger partial charge in [0.25, 0.3) is 0 Å². The van der Waals surface area contributed by atoms with E-state index in [1.165, 1.54) is 190 Å². The van der Waals surface area contributed by atoms with E-state index in [1.54, 1.807) is 0 Å². The van der Waals surface area contributed by atoms with Crippen LogP contribution < -0.4 is 0 Å². The summed E-state index contributed by atoms with van der Waals surface area (Å²) in [6.07, 6.45) is 29.3. The van der Waals surface area contributed by atoms with Gasteiger partial charge in [-0.2, -0.15) is 0 Å². The Balaban J connectivity index is 1.61. The third-order valence-corrected chi connectivity index (χ3v) is 10.6. The van der Waals surface area contributed by atoms with Crippen LogP contribution in [0.1, 0.15) is 180 Å². The van der Waals surface area contributed by atoms with E-state index >= 15 is 0 Å². The highest BCUT2D eigenvalue weighted by molar-refractivity contribution is 5.63. The molecular formula is C48H84N2O2. The molecule has 52 heavy (non-hydrogen) atoms. The maximum Gasteiger partial charge on any atom is 0.0716 e. The van der Waals surface area contributed by atoms with Crippen LogP contribution in [0.2, 0.25) is 0 Å². The van der Waals surface area contributed by atoms with E-state index in [2.05, 4.69) is 86.0 Å². The average Bonchev–Trinajstić information content (AvgIpc) is 3.17. The van der Waals surface area contributed by atoms with Gasteiger partial charge < -0.3 is 19.3 Å². The Bertz CT molecular complexity index is 940. The van der Waals surface area contributed by atoms with Gasteiger partial charge in [0.2, 0.25) is 0 Å². The van der Waals surface area contributed by atoms with E-state index < -0.39 is 0 Å². The molecule has 0 bridgehead atoms. The third kappa shape index (κ3) is 24.6. The van der Waals surface area contributed by atoms with Crippen LogP contribution in [0.25, 0.3) is 11.1 Å². The standard InChI is InChI=1S/C48H84N2O2/c1-5-9-13-17-21-37-49(35-19-15-11-7-3)39-23-25-41-51-43-45-27-31-47(32-28-45)48-33-29-46(30-34-48)44-52-42-26-24-40-50(36-20-16-12-8-4)38-22-18-14-10-6-2/h27-34H,5-26,35-44H2,1-4H3. The van der Waals surface area contributed by atoms with Gasteiger partial charge in [0.05, 0.1) is 13.2 Å². The largest absolute Gasteiger partial charge is 0.377 e. The van der Waals surface area contributed by atoms with Crippen molar-refractivity contribution >= 4 is 0 Å². The Morgan fingerprint density at radius 2 is 0.596 bits per heavy atom. The molecule has 0 heterocycles. The van der Waals surface area contributed by atoms with Crippen molar-refractivity contribution in [2.45, 2.75) is 182 Å². The number of benzene rings is 2. The Morgan fingerprint density at radius 1 is 0.327 bits per heavy atom. The van der Waals surface area contributed by atoms with Gasteiger partial charge in [-0.3, -0.25) is 0 Å². The second-order valence-corrected chi connectivity index (χ2v) is 15.5. The monoisotopic (exact) mass is 721 g/mol. The van der Waals surface area contributed by atoms with Gasteiger partial charge in [-0.1, -0.05) is 166 Å². The molecule has 4 nitrogen and oxygen atoms in total. The minimum Gasteiger partial charge on any atom is -0.377 e. The second-order valence-electron chi connectivity index (χ2n) is 15.5. The molecule has 0 amide bonds. The quantitative estimate of drug-likeness (QED) is 0.0649. The number of ether oxygens (including phenoxy) is 2. The van der Waals surface area contributed by atoms with E-state index in [0.29, 0.717) is 13.2 Å². The van der Waals surface area contributed by atoms with Crippen LogP contribution >= 0.6 is 0 Å². The fraction of sp³-hybridized carbons (Fsp3) is 0.750. The van der Waals surface area contributed by atoms with Crippen LogP contribution in [0.5, 0.6) is 0 Å². The summed E-state index contributed by atoms with van der Waals surface area (Å²) in [5, 5.41) is 0. The summed E-state index contributed by atoms with van der Waals surface area (Å²) < 4.78 is 12.2. The molecule has 0 aliphatic carbocycles. The summed E-state index contributed by atoms with van der Waals surface area (Å²) in [7, 11) is 0. The van der Waals surface area contributed by atoms with Crippen molar-refractivity contribution in [3.63, 3.8) is 0 Å². The van der Waals surface area contributed by atoms with Crippen molar-refractivity contribution in [2.75, 3.05) is 52.5 Å². The predicted molar refractivity (Wildman–Crippen MR) is 228 cm³/mol. The molecule has 0 saturated heterocycles. The first-order chi connectivity index (χ1) is 25.7. The summed E-state index contributed by atoms with van der Waals surface area (Å²) >= 11 is 0. The molecule has 0 radical (unpaired) electrons. The molecule has 0 aliphatic heterocycles. The van der Waals surface area contributed by atoms with Crippen LogP contribution in [0.3, 0.4) is 0 Å². The summed E-state index contributed by atoms with van der Waals surface area (Å²) in [4.78, 5) is 5.45.